The van der Waals surface area contributed by atoms with Gasteiger partial charge in [-0.2, -0.15) is 0 Å². The summed E-state index contributed by atoms with van der Waals surface area (Å²) in [5.74, 6) is -0.174. The van der Waals surface area contributed by atoms with E-state index in [1.807, 2.05) is 48.6 Å². The van der Waals surface area contributed by atoms with Crippen LogP contribution in [-0.4, -0.2) is 12.5 Å². The number of hydrogen-bond acceptors (Lipinski definition) is 1. The lowest BCUT2D eigenvalue weighted by Crippen LogP contribution is -2.20. The summed E-state index contributed by atoms with van der Waals surface area (Å²) >= 11 is 17.7. The smallest absolute Gasteiger partial charge is 0.244 e. The zero-order chi connectivity index (χ0) is 18.1. The molecule has 0 bridgehead atoms. The lowest BCUT2D eigenvalue weighted by atomic mass is 10.2. The summed E-state index contributed by atoms with van der Waals surface area (Å²) in [5.41, 5.74) is 1.86. The van der Waals surface area contributed by atoms with Gasteiger partial charge in [0.15, 0.2) is 0 Å². The van der Waals surface area contributed by atoms with Crippen LogP contribution in [0.3, 0.4) is 0 Å². The van der Waals surface area contributed by atoms with Crippen LogP contribution in [0.5, 0.6) is 0 Å². The van der Waals surface area contributed by atoms with E-state index in [9.17, 15) is 4.79 Å². The highest BCUT2D eigenvalue weighted by Gasteiger charge is 1.96. The molecule has 0 aliphatic rings. The molecule has 2 aromatic carbocycles. The summed E-state index contributed by atoms with van der Waals surface area (Å²) < 4.78 is 0. The molecule has 2 nitrogen and oxygen atoms in total. The molecule has 0 saturated heterocycles. The Morgan fingerprint density at radius 1 is 0.920 bits per heavy atom. The highest BCUT2D eigenvalue weighted by molar-refractivity contribution is 6.35. The van der Waals surface area contributed by atoms with E-state index in [4.69, 9.17) is 34.8 Å². The van der Waals surface area contributed by atoms with Crippen LogP contribution in [-0.2, 0) is 4.79 Å². The van der Waals surface area contributed by atoms with Crippen LogP contribution in [0.15, 0.2) is 66.8 Å². The maximum absolute atomic E-state index is 11.7. The van der Waals surface area contributed by atoms with Gasteiger partial charge in [0.2, 0.25) is 5.91 Å². The van der Waals surface area contributed by atoms with Crippen molar-refractivity contribution < 1.29 is 4.79 Å². The van der Waals surface area contributed by atoms with Gasteiger partial charge in [0, 0.05) is 27.7 Å². The third-order valence-electron chi connectivity index (χ3n) is 3.17. The molecule has 0 aliphatic heterocycles. The van der Waals surface area contributed by atoms with Crippen LogP contribution < -0.4 is 5.32 Å². The maximum atomic E-state index is 11.7. The number of benzene rings is 2. The number of carbonyl (C=O) groups excluding carboxylic acids is 1. The number of halogens is 3. The SMILES string of the molecule is O=C(C=CC=Cc1ccc(Cl)cc1Cl)NCC=Cc1ccc(Cl)cc1. The molecule has 0 aromatic heterocycles. The van der Waals surface area contributed by atoms with Gasteiger partial charge < -0.3 is 5.32 Å². The number of nitrogens with one attached hydrogen (secondary N) is 1. The predicted molar refractivity (Wildman–Crippen MR) is 108 cm³/mol. The van der Waals surface area contributed by atoms with Crippen LogP contribution in [0.25, 0.3) is 12.2 Å². The lowest BCUT2D eigenvalue weighted by Gasteiger charge is -1.98. The van der Waals surface area contributed by atoms with Crippen molar-refractivity contribution in [1.29, 1.82) is 0 Å². The maximum Gasteiger partial charge on any atom is 0.244 e. The largest absolute Gasteiger partial charge is 0.349 e. The zero-order valence-corrected chi connectivity index (χ0v) is 15.5. The fourth-order valence-electron chi connectivity index (χ4n) is 1.93. The fourth-order valence-corrected chi connectivity index (χ4v) is 2.52. The number of amides is 1. The van der Waals surface area contributed by atoms with Gasteiger partial charge in [-0.05, 0) is 35.4 Å². The second kappa shape index (κ2) is 10.1. The quantitative estimate of drug-likeness (QED) is 0.471. The minimum Gasteiger partial charge on any atom is -0.349 e. The lowest BCUT2D eigenvalue weighted by molar-refractivity contribution is -0.116. The molecule has 0 fully saturated rings. The molecule has 128 valence electrons. The average molecular weight is 393 g/mol. The van der Waals surface area contributed by atoms with Gasteiger partial charge >= 0.3 is 0 Å². The predicted octanol–water partition coefficient (Wildman–Crippen LogP) is 6.05. The Hall–Kier alpha value is -2.00. The third kappa shape index (κ3) is 7.18. The molecule has 2 rings (SSSR count). The number of carbonyl (C=O) groups is 1. The molecular weight excluding hydrogens is 377 g/mol. The van der Waals surface area contributed by atoms with Crippen molar-refractivity contribution in [2.24, 2.45) is 0 Å². The van der Waals surface area contributed by atoms with E-state index >= 15 is 0 Å². The first-order valence-corrected chi connectivity index (χ1v) is 8.68. The van der Waals surface area contributed by atoms with E-state index in [2.05, 4.69) is 5.32 Å². The van der Waals surface area contributed by atoms with Gasteiger partial charge in [-0.3, -0.25) is 4.79 Å². The summed E-state index contributed by atoms with van der Waals surface area (Å²) in [7, 11) is 0. The number of rotatable bonds is 6. The Kier molecular flexibility index (Phi) is 7.80. The van der Waals surface area contributed by atoms with Crippen LogP contribution in [0.1, 0.15) is 11.1 Å². The minimum atomic E-state index is -0.174. The molecule has 0 unspecified atom stereocenters. The Balaban J connectivity index is 1.76. The highest BCUT2D eigenvalue weighted by atomic mass is 35.5. The molecule has 1 N–H and O–H groups in total. The molecule has 2 aromatic rings. The number of hydrogen-bond donors (Lipinski definition) is 1. The van der Waals surface area contributed by atoms with E-state index in [1.165, 1.54) is 6.08 Å². The molecule has 0 saturated carbocycles. The van der Waals surface area contributed by atoms with Gasteiger partial charge in [-0.25, -0.2) is 0 Å². The summed E-state index contributed by atoms with van der Waals surface area (Å²) in [4.78, 5) is 11.7. The molecule has 0 heterocycles. The Morgan fingerprint density at radius 3 is 2.36 bits per heavy atom. The average Bonchev–Trinajstić information content (AvgIpc) is 2.59. The molecule has 1 amide bonds. The second-order valence-corrected chi connectivity index (χ2v) is 6.36. The van der Waals surface area contributed by atoms with Crippen molar-refractivity contribution in [2.45, 2.75) is 0 Å². The minimum absolute atomic E-state index is 0.174. The summed E-state index contributed by atoms with van der Waals surface area (Å²) in [6.45, 7) is 0.443. The van der Waals surface area contributed by atoms with Crippen molar-refractivity contribution in [2.75, 3.05) is 6.54 Å². The van der Waals surface area contributed by atoms with Crippen molar-refractivity contribution >= 4 is 52.9 Å². The Morgan fingerprint density at radius 2 is 1.64 bits per heavy atom. The normalized spacial score (nSPS) is 11.6. The zero-order valence-electron chi connectivity index (χ0n) is 13.3. The van der Waals surface area contributed by atoms with Gasteiger partial charge in [-0.15, -0.1) is 0 Å². The van der Waals surface area contributed by atoms with Gasteiger partial charge in [0.25, 0.3) is 0 Å². The monoisotopic (exact) mass is 391 g/mol. The van der Waals surface area contributed by atoms with E-state index in [1.54, 1.807) is 24.3 Å². The molecule has 5 heteroatoms. The molecular formula is C20H16Cl3NO. The molecule has 0 atom stereocenters. The van der Waals surface area contributed by atoms with Gasteiger partial charge in [0.1, 0.15) is 0 Å². The summed E-state index contributed by atoms with van der Waals surface area (Å²) in [6, 6.07) is 12.7. The Labute approximate surface area is 162 Å². The second-order valence-electron chi connectivity index (χ2n) is 5.08. The van der Waals surface area contributed by atoms with Crippen LogP contribution in [0.2, 0.25) is 15.1 Å². The summed E-state index contributed by atoms with van der Waals surface area (Å²) in [5, 5.41) is 4.61. The van der Waals surface area contributed by atoms with Gasteiger partial charge in [0.05, 0.1) is 0 Å². The van der Waals surface area contributed by atoms with Crippen molar-refractivity contribution in [3.63, 3.8) is 0 Å². The molecule has 0 aliphatic carbocycles. The first-order valence-electron chi connectivity index (χ1n) is 7.54. The van der Waals surface area contributed by atoms with Crippen LogP contribution in [0, 0.1) is 0 Å². The number of allylic oxidation sites excluding steroid dienone is 2. The Bertz CT molecular complexity index is 808. The van der Waals surface area contributed by atoms with E-state index in [-0.39, 0.29) is 5.91 Å². The van der Waals surface area contributed by atoms with E-state index in [0.29, 0.717) is 21.6 Å². The topological polar surface area (TPSA) is 29.1 Å². The fraction of sp³-hybridized carbons (Fsp3) is 0.0500. The first kappa shape index (κ1) is 19.3. The van der Waals surface area contributed by atoms with E-state index < -0.39 is 0 Å². The molecule has 25 heavy (non-hydrogen) atoms. The van der Waals surface area contributed by atoms with Crippen molar-refractivity contribution in [3.8, 4) is 0 Å². The molecule has 0 spiro atoms. The standard InChI is InChI=1S/C20H16Cl3NO/c21-17-10-7-15(8-11-17)4-3-13-24-20(25)6-2-1-5-16-9-12-18(22)14-19(16)23/h1-12,14H,13H2,(H,24,25). The third-order valence-corrected chi connectivity index (χ3v) is 3.99. The van der Waals surface area contributed by atoms with Gasteiger partial charge in [-0.1, -0.05) is 83.4 Å². The van der Waals surface area contributed by atoms with Crippen LogP contribution in [0.4, 0.5) is 0 Å². The van der Waals surface area contributed by atoms with Crippen LogP contribution >= 0.6 is 34.8 Å². The van der Waals surface area contributed by atoms with Crippen molar-refractivity contribution in [1.82, 2.24) is 5.32 Å². The summed E-state index contributed by atoms with van der Waals surface area (Å²) in [6.07, 6.45) is 10.5. The van der Waals surface area contributed by atoms with E-state index in [0.717, 1.165) is 11.1 Å². The van der Waals surface area contributed by atoms with Crippen molar-refractivity contribution in [3.05, 3.63) is 93.0 Å². The highest BCUT2D eigenvalue weighted by Crippen LogP contribution is 2.21. The molecule has 0 radical (unpaired) electrons. The first-order chi connectivity index (χ1) is 12.0.